The molecule has 0 aromatic heterocycles. The van der Waals surface area contributed by atoms with Crippen LogP contribution in [0.2, 0.25) is 0 Å². The van der Waals surface area contributed by atoms with Gasteiger partial charge in [-0.25, -0.2) is 0 Å². The number of hydrogen-bond acceptors (Lipinski definition) is 3. The third-order valence-electron chi connectivity index (χ3n) is 4.22. The molecule has 2 N–H and O–H groups in total. The number of benzene rings is 1. The molecule has 2 rings (SSSR count). The quantitative estimate of drug-likeness (QED) is 0.875. The first-order chi connectivity index (χ1) is 10.1. The van der Waals surface area contributed by atoms with Gasteiger partial charge in [-0.3, -0.25) is 9.69 Å². The highest BCUT2D eigenvalue weighted by molar-refractivity contribution is 5.93. The van der Waals surface area contributed by atoms with E-state index in [0.717, 1.165) is 31.6 Å². The first-order valence-corrected chi connectivity index (χ1v) is 7.88. The summed E-state index contributed by atoms with van der Waals surface area (Å²) in [5.41, 5.74) is 2.14. The first-order valence-electron chi connectivity index (χ1n) is 7.88. The predicted molar refractivity (Wildman–Crippen MR) is 94.9 cm³/mol. The van der Waals surface area contributed by atoms with Crippen LogP contribution in [0.4, 0.5) is 5.69 Å². The van der Waals surface area contributed by atoms with Crippen LogP contribution in [0.1, 0.15) is 38.2 Å². The van der Waals surface area contributed by atoms with Gasteiger partial charge in [-0.1, -0.05) is 32.0 Å². The van der Waals surface area contributed by atoms with Gasteiger partial charge in [-0.2, -0.15) is 0 Å². The zero-order chi connectivity index (χ0) is 15.2. The van der Waals surface area contributed by atoms with Crippen molar-refractivity contribution in [3.05, 3.63) is 29.8 Å². The molecule has 0 radical (unpaired) electrons. The van der Waals surface area contributed by atoms with Crippen molar-refractivity contribution in [3.8, 4) is 0 Å². The van der Waals surface area contributed by atoms with Crippen LogP contribution in [-0.4, -0.2) is 43.5 Å². The third-order valence-corrected chi connectivity index (χ3v) is 4.22. The summed E-state index contributed by atoms with van der Waals surface area (Å²) in [6.07, 6.45) is 2.23. The zero-order valence-electron chi connectivity index (χ0n) is 13.8. The SMILES string of the molecule is CNC1CCN(CC(=O)Nc2ccccc2C(C)C)CC1.Cl. The van der Waals surface area contributed by atoms with Gasteiger partial charge >= 0.3 is 0 Å². The molecule has 0 unspecified atom stereocenters. The van der Waals surface area contributed by atoms with Crippen molar-refractivity contribution in [2.75, 3.05) is 32.0 Å². The van der Waals surface area contributed by atoms with E-state index in [4.69, 9.17) is 0 Å². The van der Waals surface area contributed by atoms with Crippen LogP contribution >= 0.6 is 12.4 Å². The van der Waals surface area contributed by atoms with E-state index >= 15 is 0 Å². The molecular formula is C17H28ClN3O. The summed E-state index contributed by atoms with van der Waals surface area (Å²) in [4.78, 5) is 14.5. The van der Waals surface area contributed by atoms with Crippen molar-refractivity contribution in [3.63, 3.8) is 0 Å². The molecular weight excluding hydrogens is 298 g/mol. The summed E-state index contributed by atoms with van der Waals surface area (Å²) in [5, 5.41) is 6.38. The van der Waals surface area contributed by atoms with Gasteiger partial charge in [0.2, 0.25) is 5.91 Å². The van der Waals surface area contributed by atoms with Gasteiger partial charge in [0.25, 0.3) is 0 Å². The van der Waals surface area contributed by atoms with E-state index in [-0.39, 0.29) is 18.3 Å². The lowest BCUT2D eigenvalue weighted by Gasteiger charge is -2.31. The standard InChI is InChI=1S/C17H27N3O.ClH/c1-13(2)15-6-4-5-7-16(15)19-17(21)12-20-10-8-14(18-3)9-11-20;/h4-7,13-14,18H,8-12H2,1-3H3,(H,19,21);1H. The van der Waals surface area contributed by atoms with Crippen LogP contribution in [0.25, 0.3) is 0 Å². The minimum absolute atomic E-state index is 0. The molecule has 1 aromatic rings. The molecule has 124 valence electrons. The summed E-state index contributed by atoms with van der Waals surface area (Å²) in [5.74, 6) is 0.499. The molecule has 0 aliphatic carbocycles. The predicted octanol–water partition coefficient (Wildman–Crippen LogP) is 2.85. The number of piperidine rings is 1. The smallest absolute Gasteiger partial charge is 0.238 e. The molecule has 1 aromatic carbocycles. The molecule has 1 saturated heterocycles. The molecule has 1 aliphatic heterocycles. The summed E-state index contributed by atoms with van der Waals surface area (Å²) >= 11 is 0. The molecule has 1 aliphatic rings. The molecule has 1 fully saturated rings. The van der Waals surface area contributed by atoms with Crippen molar-refractivity contribution in [1.29, 1.82) is 0 Å². The fourth-order valence-corrected chi connectivity index (χ4v) is 2.89. The topological polar surface area (TPSA) is 44.4 Å². The minimum atomic E-state index is 0. The van der Waals surface area contributed by atoms with Crippen LogP contribution in [0.3, 0.4) is 0 Å². The van der Waals surface area contributed by atoms with Crippen molar-refractivity contribution >= 4 is 24.0 Å². The lowest BCUT2D eigenvalue weighted by Crippen LogP contribution is -2.44. The van der Waals surface area contributed by atoms with Gasteiger partial charge in [0.05, 0.1) is 6.54 Å². The van der Waals surface area contributed by atoms with Crippen LogP contribution in [0.15, 0.2) is 24.3 Å². The Kier molecular flexibility index (Phi) is 7.87. The first kappa shape index (κ1) is 18.9. The Bertz CT molecular complexity index is 471. The number of rotatable bonds is 5. The molecule has 4 nitrogen and oxygen atoms in total. The van der Waals surface area contributed by atoms with Crippen LogP contribution in [0, 0.1) is 0 Å². The number of nitrogens with zero attached hydrogens (tertiary/aromatic N) is 1. The Morgan fingerprint density at radius 3 is 2.50 bits per heavy atom. The summed E-state index contributed by atoms with van der Waals surface area (Å²) < 4.78 is 0. The molecule has 1 heterocycles. The Morgan fingerprint density at radius 1 is 1.27 bits per heavy atom. The molecule has 0 bridgehead atoms. The lowest BCUT2D eigenvalue weighted by atomic mass is 10.0. The Morgan fingerprint density at radius 2 is 1.91 bits per heavy atom. The van der Waals surface area contributed by atoms with Crippen molar-refractivity contribution in [1.82, 2.24) is 10.2 Å². The van der Waals surface area contributed by atoms with Gasteiger partial charge in [-0.05, 0) is 37.4 Å². The second kappa shape index (κ2) is 9.13. The van der Waals surface area contributed by atoms with Gasteiger partial charge in [0.15, 0.2) is 0 Å². The normalized spacial score (nSPS) is 16.4. The van der Waals surface area contributed by atoms with Crippen LogP contribution < -0.4 is 10.6 Å². The second-order valence-corrected chi connectivity index (χ2v) is 6.13. The molecule has 1 amide bonds. The van der Waals surface area contributed by atoms with E-state index in [2.05, 4.69) is 35.4 Å². The zero-order valence-corrected chi connectivity index (χ0v) is 14.6. The number of likely N-dealkylation sites (tertiary alicyclic amines) is 1. The highest BCUT2D eigenvalue weighted by Gasteiger charge is 2.20. The summed E-state index contributed by atoms with van der Waals surface area (Å²) in [6.45, 7) is 6.76. The van der Waals surface area contributed by atoms with Gasteiger partial charge in [-0.15, -0.1) is 12.4 Å². The van der Waals surface area contributed by atoms with Gasteiger partial charge in [0, 0.05) is 24.8 Å². The van der Waals surface area contributed by atoms with Gasteiger partial charge in [0.1, 0.15) is 0 Å². The Hall–Kier alpha value is -1.10. The number of carbonyl (C=O) groups is 1. The van der Waals surface area contributed by atoms with E-state index in [1.807, 2.05) is 25.2 Å². The number of nitrogens with one attached hydrogen (secondary N) is 2. The molecule has 0 spiro atoms. The van der Waals surface area contributed by atoms with Crippen molar-refractivity contribution in [2.45, 2.75) is 38.6 Å². The number of amides is 1. The lowest BCUT2D eigenvalue weighted by molar-refractivity contribution is -0.117. The maximum atomic E-state index is 12.2. The van der Waals surface area contributed by atoms with Crippen molar-refractivity contribution < 1.29 is 4.79 Å². The van der Waals surface area contributed by atoms with E-state index < -0.39 is 0 Å². The fraction of sp³-hybridized carbons (Fsp3) is 0.588. The number of anilines is 1. The average molecular weight is 326 g/mol. The highest BCUT2D eigenvalue weighted by Crippen LogP contribution is 2.23. The van der Waals surface area contributed by atoms with E-state index in [9.17, 15) is 4.79 Å². The maximum Gasteiger partial charge on any atom is 0.238 e. The van der Waals surface area contributed by atoms with Crippen molar-refractivity contribution in [2.24, 2.45) is 0 Å². The largest absolute Gasteiger partial charge is 0.325 e. The number of halogens is 1. The minimum Gasteiger partial charge on any atom is -0.325 e. The highest BCUT2D eigenvalue weighted by atomic mass is 35.5. The van der Waals surface area contributed by atoms with E-state index in [0.29, 0.717) is 18.5 Å². The summed E-state index contributed by atoms with van der Waals surface area (Å²) in [6, 6.07) is 8.66. The maximum absolute atomic E-state index is 12.2. The number of carbonyl (C=O) groups excluding carboxylic acids is 1. The Balaban J connectivity index is 0.00000242. The monoisotopic (exact) mass is 325 g/mol. The van der Waals surface area contributed by atoms with Crippen LogP contribution in [-0.2, 0) is 4.79 Å². The van der Waals surface area contributed by atoms with E-state index in [1.165, 1.54) is 5.56 Å². The number of para-hydroxylation sites is 1. The number of hydrogen-bond donors (Lipinski definition) is 2. The van der Waals surface area contributed by atoms with E-state index in [1.54, 1.807) is 0 Å². The molecule has 0 atom stereocenters. The molecule has 22 heavy (non-hydrogen) atoms. The van der Waals surface area contributed by atoms with Gasteiger partial charge < -0.3 is 10.6 Å². The molecule has 5 heteroatoms. The third kappa shape index (κ3) is 5.27. The average Bonchev–Trinajstić information content (AvgIpc) is 2.48. The van der Waals surface area contributed by atoms with Crippen LogP contribution in [0.5, 0.6) is 0 Å². The molecule has 0 saturated carbocycles. The fourth-order valence-electron chi connectivity index (χ4n) is 2.89. The second-order valence-electron chi connectivity index (χ2n) is 6.13. The Labute approximate surface area is 140 Å². The summed E-state index contributed by atoms with van der Waals surface area (Å²) in [7, 11) is 2.01.